The van der Waals surface area contributed by atoms with E-state index in [4.69, 9.17) is 0 Å². The van der Waals surface area contributed by atoms with Crippen LogP contribution in [-0.2, 0) is 4.79 Å². The third-order valence-corrected chi connectivity index (χ3v) is 2.40. The molecule has 0 atom stereocenters. The van der Waals surface area contributed by atoms with Gasteiger partial charge in [-0.2, -0.15) is 0 Å². The number of para-hydroxylation sites is 1. The molecular weight excluding hydrogens is 178 g/mol. The number of amides is 1. The molecule has 0 unspecified atom stereocenters. The van der Waals surface area contributed by atoms with E-state index in [0.717, 1.165) is 5.69 Å². The van der Waals surface area contributed by atoms with Crippen LogP contribution in [0.1, 0.15) is 23.7 Å². The molecule has 14 heavy (non-hydrogen) atoms. The standard InChI is InChI=1S/C11H11NO2/c1-2-11(14)12-7-10(13)8-5-3-4-6-9(8)12/h3-6H,2,7H2,1H3. The third kappa shape index (κ3) is 1.21. The van der Waals surface area contributed by atoms with Gasteiger partial charge in [-0.1, -0.05) is 19.1 Å². The molecular formula is C11H11NO2. The molecule has 1 amide bonds. The zero-order chi connectivity index (χ0) is 10.1. The van der Waals surface area contributed by atoms with E-state index in [-0.39, 0.29) is 18.2 Å². The van der Waals surface area contributed by atoms with Crippen LogP contribution in [0, 0.1) is 0 Å². The first-order valence-electron chi connectivity index (χ1n) is 4.66. The molecule has 2 rings (SSSR count). The Morgan fingerprint density at radius 1 is 1.43 bits per heavy atom. The second-order valence-corrected chi connectivity index (χ2v) is 3.27. The summed E-state index contributed by atoms with van der Waals surface area (Å²) < 4.78 is 0. The molecule has 72 valence electrons. The number of carbonyl (C=O) groups excluding carboxylic acids is 2. The molecule has 1 aliphatic rings. The van der Waals surface area contributed by atoms with Crippen molar-refractivity contribution in [3.05, 3.63) is 29.8 Å². The second kappa shape index (κ2) is 3.25. The number of Topliss-reactive ketones (excluding diaryl/α,β-unsaturated/α-hetero) is 1. The average molecular weight is 189 g/mol. The maximum Gasteiger partial charge on any atom is 0.227 e. The summed E-state index contributed by atoms with van der Waals surface area (Å²) >= 11 is 0. The predicted molar refractivity (Wildman–Crippen MR) is 53.4 cm³/mol. The van der Waals surface area contributed by atoms with Gasteiger partial charge in [0.15, 0.2) is 5.78 Å². The number of nitrogens with zero attached hydrogens (tertiary/aromatic N) is 1. The first-order chi connectivity index (χ1) is 6.74. The highest BCUT2D eigenvalue weighted by atomic mass is 16.2. The fourth-order valence-electron chi connectivity index (χ4n) is 1.67. The van der Waals surface area contributed by atoms with Crippen LogP contribution in [0.4, 0.5) is 5.69 Å². The lowest BCUT2D eigenvalue weighted by Gasteiger charge is -2.14. The summed E-state index contributed by atoms with van der Waals surface area (Å²) in [4.78, 5) is 24.6. The molecule has 1 aromatic rings. The minimum absolute atomic E-state index is 0.00306. The molecule has 0 radical (unpaired) electrons. The van der Waals surface area contributed by atoms with E-state index in [9.17, 15) is 9.59 Å². The second-order valence-electron chi connectivity index (χ2n) is 3.27. The van der Waals surface area contributed by atoms with Crippen LogP contribution in [0.2, 0.25) is 0 Å². The van der Waals surface area contributed by atoms with Crippen molar-refractivity contribution in [3.8, 4) is 0 Å². The summed E-state index contributed by atoms with van der Waals surface area (Å²) in [6.07, 6.45) is 0.432. The number of hydrogen-bond donors (Lipinski definition) is 0. The van der Waals surface area contributed by atoms with Crippen LogP contribution in [0.3, 0.4) is 0 Å². The van der Waals surface area contributed by atoms with Gasteiger partial charge in [-0.15, -0.1) is 0 Å². The highest BCUT2D eigenvalue weighted by molar-refractivity contribution is 6.15. The zero-order valence-corrected chi connectivity index (χ0v) is 7.99. The molecule has 0 aromatic heterocycles. The number of anilines is 1. The van der Waals surface area contributed by atoms with Gasteiger partial charge in [0.05, 0.1) is 12.2 Å². The minimum Gasteiger partial charge on any atom is -0.304 e. The first kappa shape index (κ1) is 8.94. The largest absolute Gasteiger partial charge is 0.304 e. The number of fused-ring (bicyclic) bond motifs is 1. The van der Waals surface area contributed by atoms with Gasteiger partial charge < -0.3 is 4.90 Å². The van der Waals surface area contributed by atoms with Crippen LogP contribution in [0.15, 0.2) is 24.3 Å². The van der Waals surface area contributed by atoms with E-state index in [0.29, 0.717) is 12.0 Å². The molecule has 0 spiro atoms. The van der Waals surface area contributed by atoms with E-state index < -0.39 is 0 Å². The highest BCUT2D eigenvalue weighted by Crippen LogP contribution is 2.27. The van der Waals surface area contributed by atoms with Crippen molar-refractivity contribution in [1.29, 1.82) is 0 Å². The van der Waals surface area contributed by atoms with Gasteiger partial charge >= 0.3 is 0 Å². The van der Waals surface area contributed by atoms with Gasteiger partial charge in [-0.25, -0.2) is 0 Å². The van der Waals surface area contributed by atoms with E-state index >= 15 is 0 Å². The Kier molecular flexibility index (Phi) is 2.08. The summed E-state index contributed by atoms with van der Waals surface area (Å²) in [5.74, 6) is 0.0331. The normalized spacial score (nSPS) is 14.4. The van der Waals surface area contributed by atoms with E-state index in [1.54, 1.807) is 17.9 Å². The first-order valence-corrected chi connectivity index (χ1v) is 4.66. The van der Waals surface area contributed by atoms with Crippen molar-refractivity contribution in [2.45, 2.75) is 13.3 Å². The fraction of sp³-hybridized carbons (Fsp3) is 0.273. The number of rotatable bonds is 1. The van der Waals surface area contributed by atoms with Crippen LogP contribution >= 0.6 is 0 Å². The Hall–Kier alpha value is -1.64. The van der Waals surface area contributed by atoms with E-state index in [1.165, 1.54) is 0 Å². The van der Waals surface area contributed by atoms with Crippen molar-refractivity contribution >= 4 is 17.4 Å². The van der Waals surface area contributed by atoms with Gasteiger partial charge in [-0.3, -0.25) is 9.59 Å². The van der Waals surface area contributed by atoms with Crippen molar-refractivity contribution in [3.63, 3.8) is 0 Å². The summed E-state index contributed by atoms with van der Waals surface area (Å²) in [5.41, 5.74) is 1.42. The molecule has 3 heteroatoms. The smallest absolute Gasteiger partial charge is 0.227 e. The summed E-state index contributed by atoms with van der Waals surface area (Å²) in [6, 6.07) is 7.23. The summed E-state index contributed by atoms with van der Waals surface area (Å²) in [7, 11) is 0. The maximum absolute atomic E-state index is 11.5. The highest BCUT2D eigenvalue weighted by Gasteiger charge is 2.29. The Labute approximate surface area is 82.3 Å². The maximum atomic E-state index is 11.5. The molecule has 0 saturated carbocycles. The Bertz CT molecular complexity index is 398. The third-order valence-electron chi connectivity index (χ3n) is 2.40. The lowest BCUT2D eigenvalue weighted by Crippen LogP contribution is -2.29. The quantitative estimate of drug-likeness (QED) is 0.673. The summed E-state index contributed by atoms with van der Waals surface area (Å²) in [6.45, 7) is 2.00. The van der Waals surface area contributed by atoms with E-state index in [2.05, 4.69) is 0 Å². The lowest BCUT2D eigenvalue weighted by molar-refractivity contribution is -0.118. The molecule has 0 N–H and O–H groups in total. The SMILES string of the molecule is CCC(=O)N1CC(=O)c2ccccc21. The average Bonchev–Trinajstić information content (AvgIpc) is 2.56. The predicted octanol–water partition coefficient (Wildman–Crippen LogP) is 1.63. The van der Waals surface area contributed by atoms with Crippen LogP contribution in [-0.4, -0.2) is 18.2 Å². The van der Waals surface area contributed by atoms with Crippen molar-refractivity contribution in [2.24, 2.45) is 0 Å². The summed E-state index contributed by atoms with van der Waals surface area (Å²) in [5, 5.41) is 0. The molecule has 0 bridgehead atoms. The number of carbonyl (C=O) groups is 2. The monoisotopic (exact) mass is 189 g/mol. The number of hydrogen-bond acceptors (Lipinski definition) is 2. The molecule has 0 saturated heterocycles. The molecule has 1 aliphatic heterocycles. The molecule has 0 fully saturated rings. The zero-order valence-electron chi connectivity index (χ0n) is 7.99. The van der Waals surface area contributed by atoms with Gasteiger partial charge in [-0.05, 0) is 12.1 Å². The van der Waals surface area contributed by atoms with E-state index in [1.807, 2.05) is 18.2 Å². The fourth-order valence-corrected chi connectivity index (χ4v) is 1.67. The Balaban J connectivity index is 2.44. The van der Waals surface area contributed by atoms with Crippen LogP contribution in [0.25, 0.3) is 0 Å². The molecule has 1 heterocycles. The van der Waals surface area contributed by atoms with Crippen molar-refractivity contribution < 1.29 is 9.59 Å². The molecule has 3 nitrogen and oxygen atoms in total. The minimum atomic E-state index is 0.00306. The molecule has 1 aromatic carbocycles. The van der Waals surface area contributed by atoms with Crippen LogP contribution in [0.5, 0.6) is 0 Å². The van der Waals surface area contributed by atoms with Crippen LogP contribution < -0.4 is 4.90 Å². The van der Waals surface area contributed by atoms with Gasteiger partial charge in [0, 0.05) is 12.0 Å². The van der Waals surface area contributed by atoms with Gasteiger partial charge in [0.25, 0.3) is 0 Å². The van der Waals surface area contributed by atoms with Crippen molar-refractivity contribution in [2.75, 3.05) is 11.4 Å². The molecule has 0 aliphatic carbocycles. The van der Waals surface area contributed by atoms with Gasteiger partial charge in [0.1, 0.15) is 0 Å². The van der Waals surface area contributed by atoms with Gasteiger partial charge in [0.2, 0.25) is 5.91 Å². The lowest BCUT2D eigenvalue weighted by atomic mass is 10.1. The number of ketones is 1. The topological polar surface area (TPSA) is 37.4 Å². The Morgan fingerprint density at radius 2 is 2.14 bits per heavy atom. The Morgan fingerprint density at radius 3 is 2.86 bits per heavy atom. The number of benzene rings is 1. The van der Waals surface area contributed by atoms with Crippen molar-refractivity contribution in [1.82, 2.24) is 0 Å².